The largest absolute Gasteiger partial charge is 0.308 e. The summed E-state index contributed by atoms with van der Waals surface area (Å²) in [7, 11) is 1.96. The van der Waals surface area contributed by atoms with Crippen molar-refractivity contribution in [3.05, 3.63) is 47.8 Å². The number of nitrogens with zero attached hydrogens (tertiary/aromatic N) is 1. The van der Waals surface area contributed by atoms with Crippen molar-refractivity contribution >= 4 is 0 Å². The van der Waals surface area contributed by atoms with Gasteiger partial charge in [0.2, 0.25) is 0 Å². The molecule has 0 spiro atoms. The van der Waals surface area contributed by atoms with Crippen molar-refractivity contribution in [1.29, 1.82) is 0 Å². The smallest absolute Gasteiger partial charge is 0.127 e. The zero-order valence-corrected chi connectivity index (χ0v) is 12.5. The average molecular weight is 264 g/mol. The fraction of sp³-hybridized carbons (Fsp3) is 0.500. The van der Waals surface area contributed by atoms with E-state index in [0.29, 0.717) is 6.54 Å². The maximum absolute atomic E-state index is 13.8. The van der Waals surface area contributed by atoms with Crippen LogP contribution in [-0.4, -0.2) is 24.0 Å². The second-order valence-electron chi connectivity index (χ2n) is 6.01. The van der Waals surface area contributed by atoms with E-state index in [-0.39, 0.29) is 11.4 Å². The maximum atomic E-state index is 13.8. The van der Waals surface area contributed by atoms with E-state index < -0.39 is 0 Å². The van der Waals surface area contributed by atoms with Crippen LogP contribution < -0.4 is 5.32 Å². The van der Waals surface area contributed by atoms with Gasteiger partial charge in [0.05, 0.1) is 0 Å². The molecular formula is C16H25FN2. The molecule has 0 saturated carbocycles. The van der Waals surface area contributed by atoms with E-state index in [4.69, 9.17) is 0 Å². The average Bonchev–Trinajstić information content (AvgIpc) is 2.29. The molecule has 0 aliphatic heterocycles. The molecule has 1 aromatic rings. The lowest BCUT2D eigenvalue weighted by molar-refractivity contribution is 0.355. The predicted octanol–water partition coefficient (Wildman–Crippen LogP) is 3.33. The minimum Gasteiger partial charge on any atom is -0.308 e. The monoisotopic (exact) mass is 264 g/mol. The van der Waals surface area contributed by atoms with E-state index in [9.17, 15) is 4.39 Å². The molecule has 19 heavy (non-hydrogen) atoms. The maximum Gasteiger partial charge on any atom is 0.127 e. The summed E-state index contributed by atoms with van der Waals surface area (Å²) in [5.74, 6) is -0.143. The van der Waals surface area contributed by atoms with Gasteiger partial charge in [-0.05, 0) is 39.4 Å². The Labute approximate surface area is 116 Å². The van der Waals surface area contributed by atoms with Crippen LogP contribution in [0.2, 0.25) is 0 Å². The highest BCUT2D eigenvalue weighted by molar-refractivity contribution is 5.25. The van der Waals surface area contributed by atoms with Crippen LogP contribution in [0.15, 0.2) is 30.9 Å². The van der Waals surface area contributed by atoms with Gasteiger partial charge in [-0.2, -0.15) is 0 Å². The normalized spacial score (nSPS) is 11.9. The van der Waals surface area contributed by atoms with Gasteiger partial charge in [-0.1, -0.05) is 18.2 Å². The van der Waals surface area contributed by atoms with Gasteiger partial charge in [0.1, 0.15) is 5.82 Å². The minimum absolute atomic E-state index is 0.0637. The SMILES string of the molecule is C=CCN(C)Cc1cc(CNC(C)(C)C)ccc1F. The summed E-state index contributed by atoms with van der Waals surface area (Å²) < 4.78 is 13.8. The third-order valence-electron chi connectivity index (χ3n) is 2.81. The predicted molar refractivity (Wildman–Crippen MR) is 79.5 cm³/mol. The van der Waals surface area contributed by atoms with Crippen molar-refractivity contribution in [3.8, 4) is 0 Å². The Balaban J connectivity index is 2.73. The molecular weight excluding hydrogens is 239 g/mol. The van der Waals surface area contributed by atoms with Gasteiger partial charge in [-0.3, -0.25) is 4.90 Å². The lowest BCUT2D eigenvalue weighted by Crippen LogP contribution is -2.35. The fourth-order valence-electron chi connectivity index (χ4n) is 1.80. The fourth-order valence-corrected chi connectivity index (χ4v) is 1.80. The van der Waals surface area contributed by atoms with Gasteiger partial charge in [-0.15, -0.1) is 6.58 Å². The Morgan fingerprint density at radius 1 is 1.37 bits per heavy atom. The van der Waals surface area contributed by atoms with Crippen molar-refractivity contribution in [3.63, 3.8) is 0 Å². The molecule has 0 unspecified atom stereocenters. The second kappa shape index (κ2) is 6.83. The summed E-state index contributed by atoms with van der Waals surface area (Å²) in [5.41, 5.74) is 1.91. The summed E-state index contributed by atoms with van der Waals surface area (Å²) >= 11 is 0. The van der Waals surface area contributed by atoms with Gasteiger partial charge >= 0.3 is 0 Å². The molecule has 2 nitrogen and oxygen atoms in total. The summed E-state index contributed by atoms with van der Waals surface area (Å²) in [4.78, 5) is 2.03. The molecule has 0 aliphatic rings. The van der Waals surface area contributed by atoms with Gasteiger partial charge in [-0.25, -0.2) is 4.39 Å². The third kappa shape index (κ3) is 5.99. The molecule has 1 N–H and O–H groups in total. The van der Waals surface area contributed by atoms with Gasteiger partial charge < -0.3 is 5.32 Å². The van der Waals surface area contributed by atoms with Crippen molar-refractivity contribution in [2.75, 3.05) is 13.6 Å². The zero-order chi connectivity index (χ0) is 14.5. The molecule has 3 heteroatoms. The summed E-state index contributed by atoms with van der Waals surface area (Å²) in [6, 6.07) is 5.33. The highest BCUT2D eigenvalue weighted by Crippen LogP contribution is 2.13. The number of nitrogens with one attached hydrogen (secondary N) is 1. The highest BCUT2D eigenvalue weighted by atomic mass is 19.1. The molecule has 0 saturated heterocycles. The molecule has 0 aromatic heterocycles. The summed E-state index contributed by atoms with van der Waals surface area (Å²) in [6.45, 7) is 12.2. The molecule has 1 rings (SSSR count). The minimum atomic E-state index is -0.143. The Hall–Kier alpha value is -1.19. The molecule has 0 bridgehead atoms. The Morgan fingerprint density at radius 3 is 2.63 bits per heavy atom. The standard InChI is InChI=1S/C16H25FN2/c1-6-9-19(5)12-14-10-13(7-8-15(14)17)11-18-16(2,3)4/h6-8,10,18H,1,9,11-12H2,2-5H3. The molecule has 1 aromatic carbocycles. The number of hydrogen-bond donors (Lipinski definition) is 1. The molecule has 0 amide bonds. The third-order valence-corrected chi connectivity index (χ3v) is 2.81. The van der Waals surface area contributed by atoms with Gasteiger partial charge in [0.15, 0.2) is 0 Å². The first-order chi connectivity index (χ1) is 8.81. The molecule has 0 radical (unpaired) electrons. The zero-order valence-electron chi connectivity index (χ0n) is 12.5. The topological polar surface area (TPSA) is 15.3 Å². The van der Waals surface area contributed by atoms with Crippen LogP contribution >= 0.6 is 0 Å². The molecule has 0 heterocycles. The quantitative estimate of drug-likeness (QED) is 0.793. The number of rotatable bonds is 6. The first kappa shape index (κ1) is 15.9. The number of hydrogen-bond acceptors (Lipinski definition) is 2. The Morgan fingerprint density at radius 2 is 2.05 bits per heavy atom. The summed E-state index contributed by atoms with van der Waals surface area (Å²) in [6.07, 6.45) is 1.82. The van der Waals surface area contributed by atoms with Crippen molar-refractivity contribution in [1.82, 2.24) is 10.2 Å². The Bertz CT molecular complexity index is 421. The van der Waals surface area contributed by atoms with E-state index in [1.165, 1.54) is 0 Å². The molecule has 0 aliphatic carbocycles. The first-order valence-corrected chi connectivity index (χ1v) is 6.63. The van der Waals surface area contributed by atoms with Crippen molar-refractivity contribution in [2.24, 2.45) is 0 Å². The van der Waals surface area contributed by atoms with E-state index in [0.717, 1.165) is 24.2 Å². The Kier molecular flexibility index (Phi) is 5.70. The second-order valence-corrected chi connectivity index (χ2v) is 6.01. The molecule has 0 fully saturated rings. The van der Waals surface area contributed by atoms with Crippen LogP contribution in [0, 0.1) is 5.82 Å². The number of benzene rings is 1. The first-order valence-electron chi connectivity index (χ1n) is 6.63. The van der Waals surface area contributed by atoms with Crippen LogP contribution in [0.1, 0.15) is 31.9 Å². The molecule has 106 valence electrons. The number of halogens is 1. The van der Waals surface area contributed by atoms with Gasteiger partial charge in [0, 0.05) is 30.7 Å². The van der Waals surface area contributed by atoms with E-state index in [1.54, 1.807) is 6.07 Å². The van der Waals surface area contributed by atoms with Crippen molar-refractivity contribution in [2.45, 2.75) is 39.4 Å². The van der Waals surface area contributed by atoms with E-state index in [2.05, 4.69) is 32.7 Å². The molecule has 0 atom stereocenters. The highest BCUT2D eigenvalue weighted by Gasteiger charge is 2.10. The lowest BCUT2D eigenvalue weighted by Gasteiger charge is -2.21. The van der Waals surface area contributed by atoms with Crippen LogP contribution in [0.25, 0.3) is 0 Å². The van der Waals surface area contributed by atoms with Gasteiger partial charge in [0.25, 0.3) is 0 Å². The van der Waals surface area contributed by atoms with Crippen LogP contribution in [-0.2, 0) is 13.1 Å². The van der Waals surface area contributed by atoms with E-state index >= 15 is 0 Å². The van der Waals surface area contributed by atoms with Crippen LogP contribution in [0.4, 0.5) is 4.39 Å². The lowest BCUT2D eigenvalue weighted by atomic mass is 10.1. The van der Waals surface area contributed by atoms with Crippen molar-refractivity contribution < 1.29 is 4.39 Å². The van der Waals surface area contributed by atoms with E-state index in [1.807, 2.05) is 30.2 Å². The number of likely N-dealkylation sites (N-methyl/N-ethyl adjacent to an activating group) is 1. The van der Waals surface area contributed by atoms with Crippen LogP contribution in [0.3, 0.4) is 0 Å². The summed E-state index contributed by atoms with van der Waals surface area (Å²) in [5, 5.41) is 3.41. The van der Waals surface area contributed by atoms with Crippen LogP contribution in [0.5, 0.6) is 0 Å².